The summed E-state index contributed by atoms with van der Waals surface area (Å²) in [6.45, 7) is 4.13. The fourth-order valence-electron chi connectivity index (χ4n) is 1.44. The van der Waals surface area contributed by atoms with Crippen molar-refractivity contribution in [1.29, 1.82) is 0 Å². The first-order chi connectivity index (χ1) is 11.6. The second kappa shape index (κ2) is 10.6. The Bertz CT molecular complexity index is 382. The highest BCUT2D eigenvalue weighted by atomic mass is 28.6. The molecule has 0 aromatic heterocycles. The van der Waals surface area contributed by atoms with Crippen molar-refractivity contribution in [1.82, 2.24) is 0 Å². The first kappa shape index (κ1) is 26.9. The predicted molar refractivity (Wildman–Crippen MR) is 94.7 cm³/mol. The molecule has 158 valence electrons. The molecule has 15 nitrogen and oxygen atoms in total. The van der Waals surface area contributed by atoms with Crippen molar-refractivity contribution in [3.63, 3.8) is 0 Å². The van der Waals surface area contributed by atoms with Gasteiger partial charge in [0.25, 0.3) is 0 Å². The molecule has 0 bridgehead atoms. The highest BCUT2D eigenvalue weighted by molar-refractivity contribution is 6.81. The Morgan fingerprint density at radius 1 is 0.731 bits per heavy atom. The molecule has 0 fully saturated rings. The van der Waals surface area contributed by atoms with E-state index in [4.69, 9.17) is 20.9 Å². The van der Waals surface area contributed by atoms with Crippen LogP contribution in [0, 0.1) is 0 Å². The lowest BCUT2D eigenvalue weighted by atomic mass is 11.8. The fraction of sp³-hybridized carbons (Fsp3) is 1.00. The van der Waals surface area contributed by atoms with E-state index in [1.54, 1.807) is 6.55 Å². The molecule has 0 rings (SSSR count). The van der Waals surface area contributed by atoms with Crippen LogP contribution in [-0.4, -0.2) is 110 Å². The lowest BCUT2D eigenvalue weighted by Crippen LogP contribution is -2.70. The third-order valence-electron chi connectivity index (χ3n) is 1.97. The van der Waals surface area contributed by atoms with Crippen LogP contribution >= 0.6 is 0 Å². The minimum absolute atomic E-state index is 0.800. The summed E-state index contributed by atoms with van der Waals surface area (Å²) >= 11 is 0. The maximum atomic E-state index is 9.64. The largest absolute Gasteiger partial charge is 0.665 e. The Morgan fingerprint density at radius 3 is 1.35 bits per heavy atom. The van der Waals surface area contributed by atoms with Gasteiger partial charge in [0.05, 0.1) is 0 Å². The lowest BCUT2D eigenvalue weighted by molar-refractivity contribution is -0.0192. The summed E-state index contributed by atoms with van der Waals surface area (Å²) in [7, 11) is -27.2. The summed E-state index contributed by atoms with van der Waals surface area (Å²) in [5.41, 5.74) is 0. The van der Waals surface area contributed by atoms with Crippen molar-refractivity contribution in [3.05, 3.63) is 0 Å². The summed E-state index contributed by atoms with van der Waals surface area (Å²) in [4.78, 5) is 74.4. The van der Waals surface area contributed by atoms with Crippen molar-refractivity contribution in [2.45, 2.75) is 19.6 Å². The summed E-state index contributed by atoms with van der Waals surface area (Å²) in [6.07, 6.45) is 0. The van der Waals surface area contributed by atoms with E-state index < -0.39 is 64.5 Å². The quantitative estimate of drug-likeness (QED) is 0.108. The molecular weight excluding hydrogens is 485 g/mol. The van der Waals surface area contributed by atoms with Gasteiger partial charge in [0.15, 0.2) is 9.76 Å². The molecular formula is C4H24O15Si7. The van der Waals surface area contributed by atoms with Crippen LogP contribution in [0.2, 0.25) is 19.6 Å². The highest BCUT2D eigenvalue weighted by Gasteiger charge is 2.66. The van der Waals surface area contributed by atoms with Crippen molar-refractivity contribution in [2.75, 3.05) is 7.11 Å². The smallest absolute Gasteiger partial charge is 0.413 e. The van der Waals surface area contributed by atoms with E-state index in [9.17, 15) is 38.4 Å². The number of hydrogen-bond acceptors (Lipinski definition) is 15. The summed E-state index contributed by atoms with van der Waals surface area (Å²) < 4.78 is 34.5. The first-order valence-electron chi connectivity index (χ1n) is 6.93. The Labute approximate surface area is 159 Å². The molecule has 2 atom stereocenters. The molecule has 0 heterocycles. The maximum Gasteiger partial charge on any atom is 0.665 e. The molecule has 8 N–H and O–H groups in total. The van der Waals surface area contributed by atoms with Crippen LogP contribution in [0.15, 0.2) is 0 Å². The second-order valence-electron chi connectivity index (χ2n) is 4.53. The van der Waals surface area contributed by atoms with E-state index >= 15 is 0 Å². The third kappa shape index (κ3) is 11.0. The Kier molecular flexibility index (Phi) is 11.0. The molecule has 0 spiro atoms. The molecule has 0 amide bonds. The molecule has 0 aliphatic carbocycles. The van der Waals surface area contributed by atoms with Crippen molar-refractivity contribution in [2.24, 2.45) is 0 Å². The van der Waals surface area contributed by atoms with Crippen LogP contribution in [0.4, 0.5) is 0 Å². The molecule has 0 saturated carbocycles. The van der Waals surface area contributed by atoms with Crippen LogP contribution < -0.4 is 0 Å². The van der Waals surface area contributed by atoms with Gasteiger partial charge >= 0.3 is 54.8 Å². The van der Waals surface area contributed by atoms with Gasteiger partial charge in [-0.3, -0.25) is 0 Å². The van der Waals surface area contributed by atoms with E-state index in [1.807, 2.05) is 0 Å². The van der Waals surface area contributed by atoms with Gasteiger partial charge in [-0.15, -0.1) is 0 Å². The fourth-order valence-corrected chi connectivity index (χ4v) is 17.2. The number of hydrogen-bond donors (Lipinski definition) is 8. The molecule has 26 heavy (non-hydrogen) atoms. The van der Waals surface area contributed by atoms with E-state index in [0.29, 0.717) is 0 Å². The molecule has 0 radical (unpaired) electrons. The second-order valence-corrected chi connectivity index (χ2v) is 17.7. The van der Waals surface area contributed by atoms with Crippen molar-refractivity contribution >= 4 is 64.5 Å². The van der Waals surface area contributed by atoms with Crippen LogP contribution in [0.5, 0.6) is 0 Å². The van der Waals surface area contributed by atoms with Crippen molar-refractivity contribution in [3.8, 4) is 0 Å². The highest BCUT2D eigenvalue weighted by Crippen LogP contribution is 2.25. The van der Waals surface area contributed by atoms with Gasteiger partial charge in [0.2, 0.25) is 0 Å². The average Bonchev–Trinajstić information content (AvgIpc) is 2.32. The topological polar surface area (TPSA) is 226 Å². The maximum absolute atomic E-state index is 9.64. The molecule has 2 unspecified atom stereocenters. The van der Waals surface area contributed by atoms with Gasteiger partial charge in [0, 0.05) is 7.11 Å². The Hall–Kier alpha value is 0.918. The van der Waals surface area contributed by atoms with Gasteiger partial charge in [-0.2, -0.15) is 0 Å². The summed E-state index contributed by atoms with van der Waals surface area (Å²) in [5.74, 6) is 0. The van der Waals surface area contributed by atoms with Gasteiger partial charge in [-0.1, -0.05) is 6.55 Å². The monoisotopic (exact) mass is 508 g/mol. The first-order valence-corrected chi connectivity index (χ1v) is 20.0. The van der Waals surface area contributed by atoms with Gasteiger partial charge < -0.3 is 67.5 Å². The van der Waals surface area contributed by atoms with E-state index in [-0.39, 0.29) is 0 Å². The van der Waals surface area contributed by atoms with Crippen molar-refractivity contribution < 1.29 is 67.5 Å². The molecule has 0 aromatic carbocycles. The molecule has 0 aromatic rings. The average molecular weight is 509 g/mol. The molecule has 22 heteroatoms. The normalized spacial score (nSPS) is 18.9. The van der Waals surface area contributed by atoms with Gasteiger partial charge in [-0.25, -0.2) is 0 Å². The van der Waals surface area contributed by atoms with Gasteiger partial charge in [0.1, 0.15) is 0 Å². The molecule has 0 aliphatic heterocycles. The zero-order chi connectivity index (χ0) is 20.8. The zero-order valence-electron chi connectivity index (χ0n) is 14.3. The Balaban J connectivity index is 6.05. The molecule has 0 saturated heterocycles. The van der Waals surface area contributed by atoms with Crippen LogP contribution in [0.1, 0.15) is 0 Å². The van der Waals surface area contributed by atoms with E-state index in [0.717, 1.165) is 7.11 Å². The summed E-state index contributed by atoms with van der Waals surface area (Å²) in [6, 6.07) is 0. The zero-order valence-corrected chi connectivity index (χ0v) is 22.0. The van der Waals surface area contributed by atoms with Crippen LogP contribution in [0.25, 0.3) is 0 Å². The van der Waals surface area contributed by atoms with Gasteiger partial charge in [-0.05, 0) is 13.1 Å². The standard InChI is InChI=1S/C4H24O15Si7/c1-13-25(17-23(7,8)9,18-24(10,11)12)19-26(14-20-2,15-21(3)5)16-22(4)6/h5-12,21-22H,20H2,1-4H3. The minimum Gasteiger partial charge on any atom is -0.413 e. The van der Waals surface area contributed by atoms with E-state index in [2.05, 4.69) is 8.23 Å². The molecule has 0 aliphatic rings. The number of rotatable bonds is 13. The van der Waals surface area contributed by atoms with E-state index in [1.165, 1.54) is 13.1 Å². The predicted octanol–water partition coefficient (Wildman–Crippen LogP) is -6.75. The lowest BCUT2D eigenvalue weighted by Gasteiger charge is -2.37. The minimum atomic E-state index is -5.48. The summed E-state index contributed by atoms with van der Waals surface area (Å²) in [5, 5.41) is 0. The van der Waals surface area contributed by atoms with Crippen LogP contribution in [-0.2, 0) is 29.1 Å². The Morgan fingerprint density at radius 2 is 1.12 bits per heavy atom. The van der Waals surface area contributed by atoms with Crippen LogP contribution in [0.3, 0.4) is 0 Å². The third-order valence-corrected chi connectivity index (χ3v) is 16.3. The SMILES string of the molecule is CO[Si](O[Si](O)(O)O)(O[Si](O)(O)O)O[Si](O[SiH2]C)(O[SiH](C)O)O[SiH](C)O.